The maximum Gasteiger partial charge on any atom is 0.0495 e. The number of rotatable bonds is 4. The largest absolute Gasteiger partial charge is 0.271 e. The standard InChI is InChI=1S/C10H12BrClN2/c1-2-3-10(14-13)7-4-8(11)6-9(12)5-7/h2,4-6,10,14H,1,3,13H2. The number of benzene rings is 1. The van der Waals surface area contributed by atoms with Crippen molar-refractivity contribution in [3.05, 3.63) is 45.9 Å². The van der Waals surface area contributed by atoms with E-state index in [0.717, 1.165) is 16.5 Å². The lowest BCUT2D eigenvalue weighted by Crippen LogP contribution is -2.27. The fourth-order valence-corrected chi connectivity index (χ4v) is 2.13. The second kappa shape index (κ2) is 5.51. The lowest BCUT2D eigenvalue weighted by molar-refractivity contribution is 0.561. The highest BCUT2D eigenvalue weighted by atomic mass is 79.9. The van der Waals surface area contributed by atoms with Crippen molar-refractivity contribution in [2.24, 2.45) is 5.84 Å². The average molecular weight is 276 g/mol. The smallest absolute Gasteiger partial charge is 0.0495 e. The van der Waals surface area contributed by atoms with Crippen LogP contribution in [0.3, 0.4) is 0 Å². The van der Waals surface area contributed by atoms with Crippen molar-refractivity contribution in [1.29, 1.82) is 0 Å². The summed E-state index contributed by atoms with van der Waals surface area (Å²) in [6.45, 7) is 3.68. The van der Waals surface area contributed by atoms with E-state index in [1.165, 1.54) is 0 Å². The predicted octanol–water partition coefficient (Wildman–Crippen LogP) is 3.18. The second-order valence-electron chi connectivity index (χ2n) is 2.95. The van der Waals surface area contributed by atoms with Gasteiger partial charge in [-0.1, -0.05) is 33.6 Å². The van der Waals surface area contributed by atoms with Gasteiger partial charge in [-0.3, -0.25) is 11.3 Å². The molecule has 0 radical (unpaired) electrons. The zero-order chi connectivity index (χ0) is 10.6. The van der Waals surface area contributed by atoms with E-state index in [9.17, 15) is 0 Å². The summed E-state index contributed by atoms with van der Waals surface area (Å²) in [6, 6.07) is 5.77. The summed E-state index contributed by atoms with van der Waals surface area (Å²) in [4.78, 5) is 0. The molecule has 14 heavy (non-hydrogen) atoms. The van der Waals surface area contributed by atoms with Gasteiger partial charge in [0.05, 0.1) is 0 Å². The zero-order valence-electron chi connectivity index (χ0n) is 7.63. The van der Waals surface area contributed by atoms with Crippen LogP contribution in [0, 0.1) is 0 Å². The summed E-state index contributed by atoms with van der Waals surface area (Å²) in [7, 11) is 0. The molecule has 1 rings (SSSR count). The van der Waals surface area contributed by atoms with E-state index in [0.29, 0.717) is 5.02 Å². The van der Waals surface area contributed by atoms with Crippen LogP contribution in [0.25, 0.3) is 0 Å². The minimum Gasteiger partial charge on any atom is -0.271 e. The van der Waals surface area contributed by atoms with Gasteiger partial charge in [-0.15, -0.1) is 6.58 Å². The Labute approximate surface area is 97.2 Å². The molecule has 2 nitrogen and oxygen atoms in total. The third kappa shape index (κ3) is 3.10. The van der Waals surface area contributed by atoms with E-state index in [1.807, 2.05) is 24.3 Å². The van der Waals surface area contributed by atoms with Crippen molar-refractivity contribution in [1.82, 2.24) is 5.43 Å². The van der Waals surface area contributed by atoms with E-state index >= 15 is 0 Å². The van der Waals surface area contributed by atoms with Gasteiger partial charge < -0.3 is 0 Å². The van der Waals surface area contributed by atoms with Crippen molar-refractivity contribution in [3.63, 3.8) is 0 Å². The first kappa shape index (κ1) is 11.7. The third-order valence-electron chi connectivity index (χ3n) is 1.89. The number of hydrogen-bond acceptors (Lipinski definition) is 2. The lowest BCUT2D eigenvalue weighted by atomic mass is 10.0. The Hall–Kier alpha value is -0.350. The van der Waals surface area contributed by atoms with Gasteiger partial charge in [-0.05, 0) is 30.2 Å². The first-order valence-electron chi connectivity index (χ1n) is 4.20. The van der Waals surface area contributed by atoms with Crippen LogP contribution < -0.4 is 11.3 Å². The molecule has 1 unspecified atom stereocenters. The van der Waals surface area contributed by atoms with Crippen LogP contribution in [0.5, 0.6) is 0 Å². The van der Waals surface area contributed by atoms with Crippen molar-refractivity contribution >= 4 is 27.5 Å². The van der Waals surface area contributed by atoms with Gasteiger partial charge in [0, 0.05) is 15.5 Å². The van der Waals surface area contributed by atoms with Crippen LogP contribution in [0.4, 0.5) is 0 Å². The number of halogens is 2. The van der Waals surface area contributed by atoms with Crippen LogP contribution in [0.15, 0.2) is 35.3 Å². The molecule has 0 fully saturated rings. The minimum atomic E-state index is 0.0579. The number of hydrazine groups is 1. The van der Waals surface area contributed by atoms with Crippen molar-refractivity contribution in [2.75, 3.05) is 0 Å². The SMILES string of the molecule is C=CCC(NN)c1cc(Cl)cc(Br)c1. The Morgan fingerprint density at radius 1 is 1.57 bits per heavy atom. The molecular formula is C10H12BrClN2. The first-order chi connectivity index (χ1) is 6.67. The lowest BCUT2D eigenvalue weighted by Gasteiger charge is -2.14. The molecule has 0 aliphatic heterocycles. The molecular weight excluding hydrogens is 263 g/mol. The summed E-state index contributed by atoms with van der Waals surface area (Å²) < 4.78 is 0.948. The topological polar surface area (TPSA) is 38.0 Å². The monoisotopic (exact) mass is 274 g/mol. The van der Waals surface area contributed by atoms with Gasteiger partial charge in [0.1, 0.15) is 0 Å². The summed E-state index contributed by atoms with van der Waals surface area (Å²) >= 11 is 9.31. The zero-order valence-corrected chi connectivity index (χ0v) is 9.98. The highest BCUT2D eigenvalue weighted by molar-refractivity contribution is 9.10. The molecule has 4 heteroatoms. The Morgan fingerprint density at radius 3 is 2.79 bits per heavy atom. The summed E-state index contributed by atoms with van der Waals surface area (Å²) in [5, 5.41) is 0.693. The number of nitrogens with one attached hydrogen (secondary N) is 1. The van der Waals surface area contributed by atoms with Crippen LogP contribution in [-0.4, -0.2) is 0 Å². The Kier molecular flexibility index (Phi) is 4.62. The molecule has 76 valence electrons. The quantitative estimate of drug-likeness (QED) is 0.503. The fourth-order valence-electron chi connectivity index (χ4n) is 1.24. The van der Waals surface area contributed by atoms with E-state index in [-0.39, 0.29) is 6.04 Å². The van der Waals surface area contributed by atoms with Crippen LogP contribution >= 0.6 is 27.5 Å². The Morgan fingerprint density at radius 2 is 2.29 bits per heavy atom. The van der Waals surface area contributed by atoms with Crippen LogP contribution in [0.1, 0.15) is 18.0 Å². The highest BCUT2D eigenvalue weighted by Gasteiger charge is 2.08. The predicted molar refractivity (Wildman–Crippen MR) is 64.0 cm³/mol. The van der Waals surface area contributed by atoms with E-state index in [2.05, 4.69) is 27.9 Å². The molecule has 0 aliphatic rings. The van der Waals surface area contributed by atoms with E-state index < -0.39 is 0 Å². The van der Waals surface area contributed by atoms with Crippen molar-refractivity contribution in [2.45, 2.75) is 12.5 Å². The maximum absolute atomic E-state index is 5.93. The Bertz CT molecular complexity index is 308. The average Bonchev–Trinajstić information content (AvgIpc) is 2.12. The molecule has 0 amide bonds. The summed E-state index contributed by atoms with van der Waals surface area (Å²) in [6.07, 6.45) is 2.59. The highest BCUT2D eigenvalue weighted by Crippen LogP contribution is 2.25. The fraction of sp³-hybridized carbons (Fsp3) is 0.200. The van der Waals surface area contributed by atoms with Crippen LogP contribution in [-0.2, 0) is 0 Å². The summed E-state index contributed by atoms with van der Waals surface area (Å²) in [5.41, 5.74) is 3.77. The maximum atomic E-state index is 5.93. The molecule has 1 aromatic carbocycles. The van der Waals surface area contributed by atoms with Gasteiger partial charge in [0.25, 0.3) is 0 Å². The van der Waals surface area contributed by atoms with Crippen molar-refractivity contribution in [3.8, 4) is 0 Å². The molecule has 0 aromatic heterocycles. The molecule has 1 atom stereocenters. The molecule has 0 spiro atoms. The summed E-state index contributed by atoms with van der Waals surface area (Å²) in [5.74, 6) is 5.43. The van der Waals surface area contributed by atoms with E-state index in [1.54, 1.807) is 0 Å². The molecule has 0 saturated heterocycles. The molecule has 0 bridgehead atoms. The molecule has 0 saturated carbocycles. The van der Waals surface area contributed by atoms with Crippen LogP contribution in [0.2, 0.25) is 5.02 Å². The molecule has 0 heterocycles. The second-order valence-corrected chi connectivity index (χ2v) is 4.30. The van der Waals surface area contributed by atoms with E-state index in [4.69, 9.17) is 17.4 Å². The normalized spacial score (nSPS) is 12.5. The van der Waals surface area contributed by atoms with Gasteiger partial charge in [0.2, 0.25) is 0 Å². The van der Waals surface area contributed by atoms with Gasteiger partial charge in [-0.2, -0.15) is 0 Å². The minimum absolute atomic E-state index is 0.0579. The Balaban J connectivity index is 2.96. The van der Waals surface area contributed by atoms with Gasteiger partial charge >= 0.3 is 0 Å². The van der Waals surface area contributed by atoms with Crippen molar-refractivity contribution < 1.29 is 0 Å². The number of hydrogen-bond donors (Lipinski definition) is 2. The third-order valence-corrected chi connectivity index (χ3v) is 2.57. The van der Waals surface area contributed by atoms with Gasteiger partial charge in [0.15, 0.2) is 0 Å². The van der Waals surface area contributed by atoms with Gasteiger partial charge in [-0.25, -0.2) is 0 Å². The molecule has 0 aliphatic carbocycles. The molecule has 1 aromatic rings. The first-order valence-corrected chi connectivity index (χ1v) is 5.37. The molecule has 3 N–H and O–H groups in total. The number of nitrogens with two attached hydrogens (primary N) is 1.